The first-order chi connectivity index (χ1) is 8.59. The predicted octanol–water partition coefficient (Wildman–Crippen LogP) is 3.82. The molecule has 0 amide bonds. The van der Waals surface area contributed by atoms with Gasteiger partial charge in [0.15, 0.2) is 0 Å². The summed E-state index contributed by atoms with van der Waals surface area (Å²) in [5.41, 5.74) is 1.13. The fourth-order valence-corrected chi connectivity index (χ4v) is 2.96. The first-order valence-corrected chi connectivity index (χ1v) is 7.67. The Morgan fingerprint density at radius 1 is 1.11 bits per heavy atom. The highest BCUT2D eigenvalue weighted by atomic mass is 31.2. The van der Waals surface area contributed by atoms with Crippen LogP contribution in [-0.2, 0) is 24.6 Å². The zero-order chi connectivity index (χ0) is 13.4. The summed E-state index contributed by atoms with van der Waals surface area (Å²) in [5.74, 6) is 0. The predicted molar refractivity (Wildman–Crippen MR) is 71.6 cm³/mol. The van der Waals surface area contributed by atoms with Crippen LogP contribution in [0.2, 0.25) is 0 Å². The van der Waals surface area contributed by atoms with E-state index in [4.69, 9.17) is 13.6 Å². The molecule has 0 bridgehead atoms. The lowest BCUT2D eigenvalue weighted by atomic mass is 10.1. The van der Waals surface area contributed by atoms with E-state index >= 15 is 0 Å². The van der Waals surface area contributed by atoms with Gasteiger partial charge in [-0.1, -0.05) is 30.3 Å². The van der Waals surface area contributed by atoms with E-state index < -0.39 is 7.82 Å². The Bertz CT molecular complexity index is 370. The molecule has 0 spiro atoms. The Labute approximate surface area is 109 Å². The molecule has 5 heteroatoms. The summed E-state index contributed by atoms with van der Waals surface area (Å²) in [6, 6.07) is 9.90. The van der Waals surface area contributed by atoms with Crippen molar-refractivity contribution in [2.45, 2.75) is 33.3 Å². The molecule has 1 rings (SSSR count). The fraction of sp³-hybridized carbons (Fsp3) is 0.538. The smallest absolute Gasteiger partial charge is 0.287 e. The molecule has 1 aromatic carbocycles. The fourth-order valence-electron chi connectivity index (χ4n) is 1.62. The van der Waals surface area contributed by atoms with Crippen LogP contribution in [0.1, 0.15) is 26.3 Å². The summed E-state index contributed by atoms with van der Waals surface area (Å²) in [6.07, 6.45) is 0.446. The topological polar surface area (TPSA) is 44.8 Å². The Hall–Kier alpha value is -0.670. The first kappa shape index (κ1) is 15.4. The molecule has 18 heavy (non-hydrogen) atoms. The molecule has 0 saturated carbocycles. The van der Waals surface area contributed by atoms with E-state index in [1.807, 2.05) is 37.3 Å². The Morgan fingerprint density at radius 2 is 1.67 bits per heavy atom. The van der Waals surface area contributed by atoms with Gasteiger partial charge in [0.2, 0.25) is 0 Å². The van der Waals surface area contributed by atoms with Gasteiger partial charge in [0.25, 0.3) is 0 Å². The largest absolute Gasteiger partial charge is 0.475 e. The maximum Gasteiger partial charge on any atom is 0.475 e. The maximum absolute atomic E-state index is 12.1. The van der Waals surface area contributed by atoms with Crippen LogP contribution in [0.15, 0.2) is 30.3 Å². The highest BCUT2D eigenvalue weighted by molar-refractivity contribution is 7.48. The molecular formula is C13H21O4P. The summed E-state index contributed by atoms with van der Waals surface area (Å²) in [5, 5.41) is 0. The van der Waals surface area contributed by atoms with Gasteiger partial charge >= 0.3 is 7.82 Å². The zero-order valence-electron chi connectivity index (χ0n) is 11.2. The summed E-state index contributed by atoms with van der Waals surface area (Å²) in [6.45, 7) is 5.98. The first-order valence-electron chi connectivity index (χ1n) is 6.21. The van der Waals surface area contributed by atoms with Gasteiger partial charge in [-0.3, -0.25) is 13.6 Å². The van der Waals surface area contributed by atoms with E-state index in [9.17, 15) is 4.57 Å². The van der Waals surface area contributed by atoms with Crippen LogP contribution in [0.25, 0.3) is 0 Å². The van der Waals surface area contributed by atoms with Gasteiger partial charge in [-0.05, 0) is 32.8 Å². The molecule has 0 saturated heterocycles. The van der Waals surface area contributed by atoms with Crippen LogP contribution in [0.5, 0.6) is 0 Å². The van der Waals surface area contributed by atoms with Gasteiger partial charge in [-0.15, -0.1) is 0 Å². The van der Waals surface area contributed by atoms with Crippen molar-refractivity contribution >= 4 is 7.82 Å². The van der Waals surface area contributed by atoms with Crippen LogP contribution in [-0.4, -0.2) is 19.3 Å². The monoisotopic (exact) mass is 272 g/mol. The zero-order valence-corrected chi connectivity index (χ0v) is 12.1. The lowest BCUT2D eigenvalue weighted by molar-refractivity contribution is 0.0910. The second-order valence-electron chi connectivity index (χ2n) is 3.89. The van der Waals surface area contributed by atoms with Gasteiger partial charge in [-0.25, -0.2) is 4.57 Å². The number of rotatable bonds is 8. The normalized spacial score (nSPS) is 13.5. The van der Waals surface area contributed by atoms with Crippen molar-refractivity contribution < 1.29 is 18.1 Å². The molecule has 0 N–H and O–H groups in total. The van der Waals surface area contributed by atoms with Crippen molar-refractivity contribution in [2.24, 2.45) is 0 Å². The van der Waals surface area contributed by atoms with E-state index in [0.717, 1.165) is 5.56 Å². The summed E-state index contributed by atoms with van der Waals surface area (Å²) >= 11 is 0. The third kappa shape index (κ3) is 5.32. The molecule has 0 heterocycles. The lowest BCUT2D eigenvalue weighted by Gasteiger charge is -2.20. The van der Waals surface area contributed by atoms with E-state index in [1.165, 1.54) is 0 Å². The van der Waals surface area contributed by atoms with Crippen LogP contribution < -0.4 is 0 Å². The minimum Gasteiger partial charge on any atom is -0.287 e. The standard InChI is InChI=1S/C13H21O4P/c1-4-15-18(14,16-5-2)17-12(3)11-13-9-7-6-8-10-13/h6-10,12H,4-5,11H2,1-3H3. The molecular weight excluding hydrogens is 251 g/mol. The van der Waals surface area contributed by atoms with Gasteiger partial charge in [-0.2, -0.15) is 0 Å². The van der Waals surface area contributed by atoms with E-state index in [-0.39, 0.29) is 6.10 Å². The van der Waals surface area contributed by atoms with E-state index in [0.29, 0.717) is 19.6 Å². The third-order valence-corrected chi connectivity index (χ3v) is 4.02. The highest BCUT2D eigenvalue weighted by Gasteiger charge is 2.28. The third-order valence-electron chi connectivity index (χ3n) is 2.25. The lowest BCUT2D eigenvalue weighted by Crippen LogP contribution is -2.12. The second kappa shape index (κ2) is 7.70. The van der Waals surface area contributed by atoms with Crippen molar-refractivity contribution in [3.63, 3.8) is 0 Å². The Morgan fingerprint density at radius 3 is 2.17 bits per heavy atom. The van der Waals surface area contributed by atoms with Crippen molar-refractivity contribution in [1.82, 2.24) is 0 Å². The number of hydrogen-bond acceptors (Lipinski definition) is 4. The van der Waals surface area contributed by atoms with Gasteiger partial charge in [0, 0.05) is 0 Å². The Balaban J connectivity index is 2.56. The molecule has 0 radical (unpaired) electrons. The summed E-state index contributed by atoms with van der Waals surface area (Å²) in [7, 11) is -3.41. The van der Waals surface area contributed by atoms with Crippen molar-refractivity contribution in [2.75, 3.05) is 13.2 Å². The van der Waals surface area contributed by atoms with Gasteiger partial charge in [0.05, 0.1) is 19.3 Å². The second-order valence-corrected chi connectivity index (χ2v) is 5.51. The van der Waals surface area contributed by atoms with Crippen molar-refractivity contribution in [1.29, 1.82) is 0 Å². The van der Waals surface area contributed by atoms with E-state index in [1.54, 1.807) is 13.8 Å². The SMILES string of the molecule is CCOP(=O)(OCC)OC(C)Cc1ccccc1. The number of phosphoric ester groups is 1. The summed E-state index contributed by atoms with van der Waals surface area (Å²) < 4.78 is 27.8. The Kier molecular flexibility index (Phi) is 6.58. The van der Waals surface area contributed by atoms with Crippen LogP contribution in [0.3, 0.4) is 0 Å². The average Bonchev–Trinajstić information content (AvgIpc) is 2.30. The molecule has 0 aliphatic rings. The molecule has 1 atom stereocenters. The molecule has 0 aliphatic carbocycles. The quantitative estimate of drug-likeness (QED) is 0.675. The average molecular weight is 272 g/mol. The van der Waals surface area contributed by atoms with E-state index in [2.05, 4.69) is 0 Å². The maximum atomic E-state index is 12.1. The van der Waals surface area contributed by atoms with Crippen molar-refractivity contribution in [3.8, 4) is 0 Å². The molecule has 1 aromatic rings. The molecule has 0 aliphatic heterocycles. The molecule has 0 aromatic heterocycles. The minimum absolute atomic E-state index is 0.226. The van der Waals surface area contributed by atoms with Crippen LogP contribution >= 0.6 is 7.82 Å². The summed E-state index contributed by atoms with van der Waals surface area (Å²) in [4.78, 5) is 0. The number of benzene rings is 1. The van der Waals surface area contributed by atoms with Gasteiger partial charge in [0.1, 0.15) is 0 Å². The molecule has 1 unspecified atom stereocenters. The molecule has 4 nitrogen and oxygen atoms in total. The minimum atomic E-state index is -3.41. The number of phosphoric acid groups is 1. The molecule has 0 fully saturated rings. The molecule has 102 valence electrons. The van der Waals surface area contributed by atoms with Crippen LogP contribution in [0, 0.1) is 0 Å². The van der Waals surface area contributed by atoms with Crippen molar-refractivity contribution in [3.05, 3.63) is 35.9 Å². The van der Waals surface area contributed by atoms with Crippen LogP contribution in [0.4, 0.5) is 0 Å². The highest BCUT2D eigenvalue weighted by Crippen LogP contribution is 2.50. The van der Waals surface area contributed by atoms with Gasteiger partial charge < -0.3 is 0 Å². The number of hydrogen-bond donors (Lipinski definition) is 0.